The van der Waals surface area contributed by atoms with Gasteiger partial charge in [-0.25, -0.2) is 0 Å². The van der Waals surface area contributed by atoms with Gasteiger partial charge in [-0.1, -0.05) is 79.9 Å². The van der Waals surface area contributed by atoms with Gasteiger partial charge >= 0.3 is 0 Å². The first kappa shape index (κ1) is 19.9. The Labute approximate surface area is 161 Å². The molecule has 1 fully saturated rings. The van der Waals surface area contributed by atoms with Gasteiger partial charge in [-0.05, 0) is 24.0 Å². The lowest BCUT2D eigenvalue weighted by Crippen LogP contribution is -2.31. The molecule has 0 spiro atoms. The number of carbonyl (C=O) groups excluding carboxylic acids is 1. The Morgan fingerprint density at radius 1 is 1.04 bits per heavy atom. The Morgan fingerprint density at radius 3 is 2.26 bits per heavy atom. The molecule has 4 nitrogen and oxygen atoms in total. The summed E-state index contributed by atoms with van der Waals surface area (Å²) >= 11 is 0. The molecule has 1 aliphatic carbocycles. The molecule has 2 aromatic carbocycles. The van der Waals surface area contributed by atoms with Crippen LogP contribution in [0, 0.1) is 0 Å². The van der Waals surface area contributed by atoms with E-state index in [1.54, 1.807) is 6.66 Å². The minimum Gasteiger partial charge on any atom is -0.349 e. The van der Waals surface area contributed by atoms with E-state index in [9.17, 15) is 9.36 Å². The molecule has 144 valence electrons. The summed E-state index contributed by atoms with van der Waals surface area (Å²) in [5, 5.41) is 2.94. The quantitative estimate of drug-likeness (QED) is 0.658. The van der Waals surface area contributed by atoms with E-state index >= 15 is 0 Å². The van der Waals surface area contributed by atoms with Crippen molar-refractivity contribution in [3.05, 3.63) is 71.8 Å². The van der Waals surface area contributed by atoms with Crippen molar-refractivity contribution >= 4 is 13.3 Å². The third-order valence-corrected chi connectivity index (χ3v) is 7.68. The molecule has 1 amide bonds. The molecular formula is C22H28NO3P. The highest BCUT2D eigenvalue weighted by Gasteiger charge is 2.35. The van der Waals surface area contributed by atoms with Crippen LogP contribution in [-0.2, 0) is 20.4 Å². The van der Waals surface area contributed by atoms with Gasteiger partial charge in [0.25, 0.3) is 5.91 Å². The van der Waals surface area contributed by atoms with Crippen LogP contribution in [0.2, 0.25) is 0 Å². The molecule has 1 N–H and O–H groups in total. The van der Waals surface area contributed by atoms with Crippen molar-refractivity contribution in [2.24, 2.45) is 0 Å². The van der Waals surface area contributed by atoms with Gasteiger partial charge in [0.15, 0.2) is 6.10 Å². The van der Waals surface area contributed by atoms with Crippen LogP contribution >= 0.6 is 7.37 Å². The Kier molecular flexibility index (Phi) is 6.87. The van der Waals surface area contributed by atoms with Crippen molar-refractivity contribution in [3.8, 4) is 0 Å². The topological polar surface area (TPSA) is 55.4 Å². The third kappa shape index (κ3) is 5.54. The summed E-state index contributed by atoms with van der Waals surface area (Å²) in [5.41, 5.74) is 1.81. The van der Waals surface area contributed by atoms with E-state index in [0.29, 0.717) is 6.54 Å². The maximum atomic E-state index is 13.3. The molecule has 1 saturated carbocycles. The number of hydrogen-bond acceptors (Lipinski definition) is 3. The third-order valence-electron chi connectivity index (χ3n) is 5.20. The van der Waals surface area contributed by atoms with Crippen molar-refractivity contribution < 1.29 is 13.9 Å². The van der Waals surface area contributed by atoms with Crippen molar-refractivity contribution in [2.75, 3.05) is 6.66 Å². The van der Waals surface area contributed by atoms with Crippen molar-refractivity contribution in [1.29, 1.82) is 0 Å². The van der Waals surface area contributed by atoms with Crippen LogP contribution in [0.3, 0.4) is 0 Å². The average molecular weight is 385 g/mol. The van der Waals surface area contributed by atoms with Crippen LogP contribution < -0.4 is 5.32 Å². The van der Waals surface area contributed by atoms with E-state index in [1.165, 1.54) is 6.42 Å². The fraction of sp³-hybridized carbons (Fsp3) is 0.409. The maximum Gasteiger partial charge on any atom is 0.254 e. The van der Waals surface area contributed by atoms with E-state index < -0.39 is 13.5 Å². The molecule has 0 saturated heterocycles. The molecule has 2 unspecified atom stereocenters. The highest BCUT2D eigenvalue weighted by atomic mass is 31.2. The van der Waals surface area contributed by atoms with Gasteiger partial charge in [-0.15, -0.1) is 0 Å². The van der Waals surface area contributed by atoms with Gasteiger partial charge in [0.05, 0.1) is 0 Å². The molecule has 2 atom stereocenters. The minimum atomic E-state index is -2.90. The SMILES string of the molecule is CP(=O)(OC(C(=O)NCc1ccccc1)c1ccccc1)C1CCCCC1. The zero-order valence-corrected chi connectivity index (χ0v) is 16.7. The van der Waals surface area contributed by atoms with E-state index in [1.807, 2.05) is 60.7 Å². The van der Waals surface area contributed by atoms with Gasteiger partial charge < -0.3 is 9.84 Å². The largest absolute Gasteiger partial charge is 0.349 e. The second kappa shape index (κ2) is 9.34. The van der Waals surface area contributed by atoms with Gasteiger partial charge in [0, 0.05) is 18.9 Å². The monoisotopic (exact) mass is 385 g/mol. The number of benzene rings is 2. The van der Waals surface area contributed by atoms with E-state index in [0.717, 1.165) is 36.8 Å². The van der Waals surface area contributed by atoms with Crippen LogP contribution in [-0.4, -0.2) is 18.2 Å². The Hall–Kier alpha value is -1.90. The smallest absolute Gasteiger partial charge is 0.254 e. The fourth-order valence-corrected chi connectivity index (χ4v) is 5.72. The lowest BCUT2D eigenvalue weighted by Gasteiger charge is -2.30. The zero-order valence-electron chi connectivity index (χ0n) is 15.8. The van der Waals surface area contributed by atoms with Crippen LogP contribution in [0.15, 0.2) is 60.7 Å². The van der Waals surface area contributed by atoms with E-state index in [-0.39, 0.29) is 11.6 Å². The number of carbonyl (C=O) groups is 1. The Balaban J connectivity index is 1.74. The summed E-state index contributed by atoms with van der Waals surface area (Å²) in [5.74, 6) is -0.247. The molecule has 0 radical (unpaired) electrons. The molecule has 3 rings (SSSR count). The lowest BCUT2D eigenvalue weighted by atomic mass is 10.0. The normalized spacial score (nSPS) is 18.4. The number of amides is 1. The maximum absolute atomic E-state index is 13.3. The molecule has 27 heavy (non-hydrogen) atoms. The zero-order chi connectivity index (χ0) is 19.1. The predicted molar refractivity (Wildman–Crippen MR) is 109 cm³/mol. The molecule has 1 aliphatic rings. The van der Waals surface area contributed by atoms with Crippen LogP contribution in [0.5, 0.6) is 0 Å². The second-order valence-electron chi connectivity index (χ2n) is 7.30. The summed E-state index contributed by atoms with van der Waals surface area (Å²) < 4.78 is 19.4. The average Bonchev–Trinajstić information content (AvgIpc) is 2.72. The molecular weight excluding hydrogens is 357 g/mol. The number of nitrogens with one attached hydrogen (secondary N) is 1. The van der Waals surface area contributed by atoms with E-state index in [4.69, 9.17) is 4.52 Å². The fourth-order valence-electron chi connectivity index (χ4n) is 3.61. The van der Waals surface area contributed by atoms with Gasteiger partial charge in [0.2, 0.25) is 7.37 Å². The summed E-state index contributed by atoms with van der Waals surface area (Å²) in [6, 6.07) is 19.1. The minimum absolute atomic E-state index is 0.0550. The molecule has 0 aromatic heterocycles. The second-order valence-corrected chi connectivity index (χ2v) is 10.1. The highest BCUT2D eigenvalue weighted by molar-refractivity contribution is 7.59. The van der Waals surface area contributed by atoms with Gasteiger partial charge in [-0.3, -0.25) is 9.36 Å². The summed E-state index contributed by atoms with van der Waals surface area (Å²) in [4.78, 5) is 12.9. The highest BCUT2D eigenvalue weighted by Crippen LogP contribution is 2.56. The van der Waals surface area contributed by atoms with Crippen molar-refractivity contribution in [3.63, 3.8) is 0 Å². The van der Waals surface area contributed by atoms with Gasteiger partial charge in [-0.2, -0.15) is 0 Å². The molecule has 0 bridgehead atoms. The summed E-state index contributed by atoms with van der Waals surface area (Å²) in [6.45, 7) is 2.12. The Bertz CT molecular complexity index is 773. The molecule has 5 heteroatoms. The Morgan fingerprint density at radius 2 is 1.63 bits per heavy atom. The first-order chi connectivity index (χ1) is 13.1. The summed E-state index contributed by atoms with van der Waals surface area (Å²) in [6.07, 6.45) is 4.34. The standard InChI is InChI=1S/C22H28NO3P/c1-27(25,20-15-9-4-10-16-20)26-21(19-13-7-3-8-14-19)22(24)23-17-18-11-5-2-6-12-18/h2-3,5-8,11-14,20-21H,4,9-10,15-17H2,1H3,(H,23,24). The molecule has 0 aliphatic heterocycles. The van der Waals surface area contributed by atoms with Gasteiger partial charge in [0.1, 0.15) is 0 Å². The lowest BCUT2D eigenvalue weighted by molar-refractivity contribution is -0.128. The van der Waals surface area contributed by atoms with Crippen molar-refractivity contribution in [1.82, 2.24) is 5.32 Å². The molecule has 2 aromatic rings. The first-order valence-corrected chi connectivity index (χ1v) is 11.8. The number of hydrogen-bond donors (Lipinski definition) is 1. The number of rotatable bonds is 7. The summed E-state index contributed by atoms with van der Waals surface area (Å²) in [7, 11) is -2.90. The molecule has 0 heterocycles. The van der Waals surface area contributed by atoms with E-state index in [2.05, 4.69) is 5.32 Å². The van der Waals surface area contributed by atoms with Crippen LogP contribution in [0.1, 0.15) is 49.3 Å². The van der Waals surface area contributed by atoms with Crippen LogP contribution in [0.25, 0.3) is 0 Å². The predicted octanol–water partition coefficient (Wildman–Crippen LogP) is 5.30. The first-order valence-electron chi connectivity index (χ1n) is 9.68. The van der Waals surface area contributed by atoms with Crippen molar-refractivity contribution in [2.45, 2.75) is 50.4 Å². The van der Waals surface area contributed by atoms with Crippen LogP contribution in [0.4, 0.5) is 0 Å².